The lowest BCUT2D eigenvalue weighted by Crippen LogP contribution is -2.19. The molecule has 6 nitrogen and oxygen atoms in total. The van der Waals surface area contributed by atoms with Gasteiger partial charge in [-0.15, -0.1) is 0 Å². The van der Waals surface area contributed by atoms with Crippen molar-refractivity contribution >= 4 is 45.8 Å². The summed E-state index contributed by atoms with van der Waals surface area (Å²) in [5.74, 6) is -1.06. The second-order valence-electron chi connectivity index (χ2n) is 6.41. The average Bonchev–Trinajstić information content (AvgIpc) is 2.72. The van der Waals surface area contributed by atoms with Gasteiger partial charge in [0, 0.05) is 39.9 Å². The quantitative estimate of drug-likeness (QED) is 0.439. The Hall–Kier alpha value is -3.84. The van der Waals surface area contributed by atoms with E-state index in [2.05, 4.69) is 20.6 Å². The molecule has 1 aromatic heterocycles. The summed E-state index contributed by atoms with van der Waals surface area (Å²) in [5, 5.41) is 5.58. The number of nitrogens with zero attached hydrogens (tertiary/aromatic N) is 2. The fourth-order valence-electron chi connectivity index (χ4n) is 2.92. The topological polar surface area (TPSA) is 84.0 Å². The average molecular weight is 421 g/mol. The van der Waals surface area contributed by atoms with Gasteiger partial charge in [-0.3, -0.25) is 14.8 Å². The van der Waals surface area contributed by atoms with Crippen molar-refractivity contribution in [3.05, 3.63) is 95.0 Å². The highest BCUT2D eigenvalue weighted by Crippen LogP contribution is 2.20. The van der Waals surface area contributed by atoms with Crippen molar-refractivity contribution in [1.29, 1.82) is 0 Å². The van der Waals surface area contributed by atoms with Crippen LogP contribution >= 0.6 is 11.6 Å². The lowest BCUT2D eigenvalue weighted by Gasteiger charge is -2.10. The van der Waals surface area contributed by atoms with Crippen molar-refractivity contribution in [2.24, 2.45) is 0 Å². The standard InChI is InChI=1S/C22H14ClFN4O2/c23-15-2-1-3-17(11-15)27-22(30)28-18-9-14(8-16(24)12-18)21(29)13-4-5-19-20(10-13)26-7-6-25-19/h1-12H,(H2,27,28,30). The van der Waals surface area contributed by atoms with Gasteiger partial charge in [-0.05, 0) is 54.6 Å². The molecule has 30 heavy (non-hydrogen) atoms. The van der Waals surface area contributed by atoms with E-state index in [4.69, 9.17) is 11.6 Å². The van der Waals surface area contributed by atoms with Crippen LogP contribution in [0.15, 0.2) is 73.1 Å². The molecule has 0 saturated carbocycles. The molecule has 0 atom stereocenters. The molecule has 0 aliphatic carbocycles. The van der Waals surface area contributed by atoms with Crippen LogP contribution in [0.3, 0.4) is 0 Å². The van der Waals surface area contributed by atoms with E-state index in [1.54, 1.807) is 48.7 Å². The van der Waals surface area contributed by atoms with Gasteiger partial charge >= 0.3 is 6.03 Å². The maximum Gasteiger partial charge on any atom is 0.323 e. The first kappa shape index (κ1) is 19.5. The van der Waals surface area contributed by atoms with Gasteiger partial charge < -0.3 is 10.6 Å². The number of aromatic nitrogens is 2. The third-order valence-corrected chi connectivity index (χ3v) is 4.47. The molecule has 2 amide bonds. The van der Waals surface area contributed by atoms with Crippen molar-refractivity contribution in [2.75, 3.05) is 10.6 Å². The van der Waals surface area contributed by atoms with E-state index in [0.29, 0.717) is 27.3 Å². The second kappa shape index (κ2) is 8.26. The van der Waals surface area contributed by atoms with Crippen LogP contribution in [0.2, 0.25) is 5.02 Å². The van der Waals surface area contributed by atoms with Gasteiger partial charge in [0.2, 0.25) is 0 Å². The van der Waals surface area contributed by atoms with Crippen LogP contribution in [0.1, 0.15) is 15.9 Å². The van der Waals surface area contributed by atoms with E-state index in [9.17, 15) is 14.0 Å². The van der Waals surface area contributed by atoms with E-state index >= 15 is 0 Å². The number of halogens is 2. The van der Waals surface area contributed by atoms with Crippen LogP contribution in [0.5, 0.6) is 0 Å². The second-order valence-corrected chi connectivity index (χ2v) is 6.84. The van der Waals surface area contributed by atoms with Gasteiger partial charge in [-0.25, -0.2) is 9.18 Å². The lowest BCUT2D eigenvalue weighted by molar-refractivity contribution is 0.103. The molecule has 0 bridgehead atoms. The predicted molar refractivity (Wildman–Crippen MR) is 113 cm³/mol. The number of hydrogen-bond acceptors (Lipinski definition) is 4. The summed E-state index contributed by atoms with van der Waals surface area (Å²) in [6.07, 6.45) is 3.09. The number of carbonyl (C=O) groups excluding carboxylic acids is 2. The molecule has 0 spiro atoms. The first-order chi connectivity index (χ1) is 14.5. The maximum atomic E-state index is 14.1. The number of carbonyl (C=O) groups is 2. The highest BCUT2D eigenvalue weighted by Gasteiger charge is 2.14. The van der Waals surface area contributed by atoms with E-state index in [1.807, 2.05) is 0 Å². The Balaban J connectivity index is 1.56. The minimum atomic E-state index is -0.653. The SMILES string of the molecule is O=C(Nc1cccc(Cl)c1)Nc1cc(F)cc(C(=O)c2ccc3nccnc3c2)c1. The maximum absolute atomic E-state index is 14.1. The Morgan fingerprint density at radius 3 is 2.37 bits per heavy atom. The number of anilines is 2. The number of rotatable bonds is 4. The van der Waals surface area contributed by atoms with Crippen LogP contribution in [-0.2, 0) is 0 Å². The molecule has 148 valence electrons. The van der Waals surface area contributed by atoms with Crippen molar-refractivity contribution in [2.45, 2.75) is 0 Å². The number of amides is 2. The Kier molecular flexibility index (Phi) is 5.36. The molecule has 8 heteroatoms. The Labute approximate surface area is 175 Å². The number of fused-ring (bicyclic) bond motifs is 1. The largest absolute Gasteiger partial charge is 0.323 e. The molecule has 1 heterocycles. The van der Waals surface area contributed by atoms with Gasteiger partial charge in [0.15, 0.2) is 5.78 Å². The summed E-state index contributed by atoms with van der Waals surface area (Å²) in [7, 11) is 0. The van der Waals surface area contributed by atoms with Crippen LogP contribution in [-0.4, -0.2) is 21.8 Å². The first-order valence-electron chi connectivity index (χ1n) is 8.87. The molecule has 2 N–H and O–H groups in total. The van der Waals surface area contributed by atoms with Crippen LogP contribution in [0.25, 0.3) is 11.0 Å². The van der Waals surface area contributed by atoms with Crippen LogP contribution in [0.4, 0.5) is 20.6 Å². The minimum Gasteiger partial charge on any atom is -0.308 e. The predicted octanol–water partition coefficient (Wildman–Crippen LogP) is 5.30. The Bertz CT molecular complexity index is 1280. The van der Waals surface area contributed by atoms with Crippen molar-refractivity contribution in [3.8, 4) is 0 Å². The van der Waals surface area contributed by atoms with Gasteiger partial charge in [-0.1, -0.05) is 17.7 Å². The molecule has 0 radical (unpaired) electrons. The highest BCUT2D eigenvalue weighted by atomic mass is 35.5. The molecule has 0 fully saturated rings. The van der Waals surface area contributed by atoms with Gasteiger partial charge in [0.05, 0.1) is 11.0 Å². The van der Waals surface area contributed by atoms with E-state index in [-0.39, 0.29) is 11.3 Å². The zero-order valence-corrected chi connectivity index (χ0v) is 16.2. The van der Waals surface area contributed by atoms with E-state index in [0.717, 1.165) is 12.1 Å². The third-order valence-electron chi connectivity index (χ3n) is 4.23. The smallest absolute Gasteiger partial charge is 0.308 e. The first-order valence-corrected chi connectivity index (χ1v) is 9.25. The van der Waals surface area contributed by atoms with Gasteiger partial charge in [0.25, 0.3) is 0 Å². The zero-order chi connectivity index (χ0) is 21.1. The number of hydrogen-bond donors (Lipinski definition) is 2. The highest BCUT2D eigenvalue weighted by molar-refractivity contribution is 6.30. The summed E-state index contributed by atoms with van der Waals surface area (Å²) >= 11 is 5.89. The summed E-state index contributed by atoms with van der Waals surface area (Å²) in [4.78, 5) is 33.4. The molecular weight excluding hydrogens is 407 g/mol. The van der Waals surface area contributed by atoms with E-state index in [1.165, 1.54) is 12.3 Å². The molecule has 4 aromatic rings. The van der Waals surface area contributed by atoms with Crippen LogP contribution < -0.4 is 10.6 Å². The Morgan fingerprint density at radius 2 is 1.57 bits per heavy atom. The van der Waals surface area contributed by atoms with Crippen LogP contribution in [0, 0.1) is 5.82 Å². The molecule has 0 unspecified atom stereocenters. The minimum absolute atomic E-state index is 0.0938. The van der Waals surface area contributed by atoms with Gasteiger partial charge in [0.1, 0.15) is 5.82 Å². The normalized spacial score (nSPS) is 10.6. The number of benzene rings is 3. The molecular formula is C22H14ClFN4O2. The van der Waals surface area contributed by atoms with Gasteiger partial charge in [-0.2, -0.15) is 0 Å². The fraction of sp³-hybridized carbons (Fsp3) is 0. The third kappa shape index (κ3) is 4.42. The molecule has 0 aliphatic rings. The van der Waals surface area contributed by atoms with Crippen molar-refractivity contribution in [3.63, 3.8) is 0 Å². The molecule has 0 aliphatic heterocycles. The number of ketones is 1. The molecule has 4 rings (SSSR count). The zero-order valence-electron chi connectivity index (χ0n) is 15.4. The van der Waals surface area contributed by atoms with Crippen molar-refractivity contribution in [1.82, 2.24) is 9.97 Å². The monoisotopic (exact) mass is 420 g/mol. The van der Waals surface area contributed by atoms with E-state index < -0.39 is 17.6 Å². The fourth-order valence-corrected chi connectivity index (χ4v) is 3.11. The summed E-state index contributed by atoms with van der Waals surface area (Å²) in [6.45, 7) is 0. The number of nitrogens with one attached hydrogen (secondary N) is 2. The summed E-state index contributed by atoms with van der Waals surface area (Å²) in [5.41, 5.74) is 2.25. The Morgan fingerprint density at radius 1 is 0.800 bits per heavy atom. The summed E-state index contributed by atoms with van der Waals surface area (Å²) < 4.78 is 14.1. The number of urea groups is 1. The molecule has 0 saturated heterocycles. The summed E-state index contributed by atoms with van der Waals surface area (Å²) in [6, 6.07) is 14.5. The molecule has 3 aromatic carbocycles. The van der Waals surface area contributed by atoms with Crippen molar-refractivity contribution < 1.29 is 14.0 Å². The lowest BCUT2D eigenvalue weighted by atomic mass is 10.0.